The minimum absolute atomic E-state index is 0.0701. The van der Waals surface area contributed by atoms with Crippen molar-refractivity contribution in [3.8, 4) is 10.6 Å². The summed E-state index contributed by atoms with van der Waals surface area (Å²) in [5, 5.41) is 21.3. The van der Waals surface area contributed by atoms with Crippen LogP contribution < -0.4 is 10.2 Å². The highest BCUT2D eigenvalue weighted by molar-refractivity contribution is 7.13. The average Bonchev–Trinajstić information content (AvgIpc) is 3.12. The number of anilines is 1. The van der Waals surface area contributed by atoms with Gasteiger partial charge in [-0.1, -0.05) is 6.07 Å². The van der Waals surface area contributed by atoms with Crippen molar-refractivity contribution in [2.24, 2.45) is 0 Å². The summed E-state index contributed by atoms with van der Waals surface area (Å²) in [7, 11) is 0. The number of hydrogen-bond acceptors (Lipinski definition) is 6. The van der Waals surface area contributed by atoms with Crippen molar-refractivity contribution in [1.29, 1.82) is 0 Å². The summed E-state index contributed by atoms with van der Waals surface area (Å²) in [5.41, 5.74) is 1.62. The third-order valence-corrected chi connectivity index (χ3v) is 4.49. The molecule has 1 aliphatic rings. The normalized spacial score (nSPS) is 15.0. The van der Waals surface area contributed by atoms with E-state index in [4.69, 9.17) is 5.11 Å². The molecule has 22 heavy (non-hydrogen) atoms. The molecule has 9 heteroatoms. The maximum atomic E-state index is 10.6. The van der Waals surface area contributed by atoms with E-state index in [0.29, 0.717) is 18.7 Å². The lowest BCUT2D eigenvalue weighted by Crippen LogP contribution is -2.59. The van der Waals surface area contributed by atoms with E-state index in [0.717, 1.165) is 16.4 Å². The monoisotopic (exact) mass is 316 g/mol. The zero-order valence-electron chi connectivity index (χ0n) is 11.4. The number of thiophene rings is 1. The zero-order valence-corrected chi connectivity index (χ0v) is 12.2. The average molecular weight is 316 g/mol. The Hall–Kier alpha value is -2.68. The Morgan fingerprint density at radius 3 is 3.05 bits per heavy atom. The topological polar surface area (TPSA) is 95.7 Å². The lowest BCUT2D eigenvalue weighted by molar-refractivity contribution is 0.187. The predicted molar refractivity (Wildman–Crippen MR) is 81.3 cm³/mol. The second-order valence-electron chi connectivity index (χ2n) is 5.02. The van der Waals surface area contributed by atoms with E-state index in [-0.39, 0.29) is 6.04 Å². The zero-order chi connectivity index (χ0) is 15.1. The number of amides is 1. The first-order chi connectivity index (χ1) is 10.7. The van der Waals surface area contributed by atoms with E-state index in [1.165, 1.54) is 0 Å². The van der Waals surface area contributed by atoms with E-state index < -0.39 is 6.09 Å². The molecule has 0 radical (unpaired) electrons. The third-order valence-electron chi connectivity index (χ3n) is 3.60. The first kappa shape index (κ1) is 13.0. The van der Waals surface area contributed by atoms with Crippen molar-refractivity contribution in [2.75, 3.05) is 18.0 Å². The lowest BCUT2D eigenvalue weighted by Gasteiger charge is -2.39. The molecule has 0 unspecified atom stereocenters. The van der Waals surface area contributed by atoms with Crippen molar-refractivity contribution in [3.05, 3.63) is 30.0 Å². The van der Waals surface area contributed by atoms with Gasteiger partial charge in [-0.3, -0.25) is 4.40 Å². The van der Waals surface area contributed by atoms with Crippen LogP contribution in [-0.4, -0.2) is 49.9 Å². The van der Waals surface area contributed by atoms with Crippen LogP contribution in [-0.2, 0) is 0 Å². The number of nitrogens with one attached hydrogen (secondary N) is 1. The molecular formula is C13H12N6O2S. The highest BCUT2D eigenvalue weighted by Crippen LogP contribution is 2.29. The van der Waals surface area contributed by atoms with Crippen LogP contribution in [0.2, 0.25) is 0 Å². The molecule has 3 aromatic heterocycles. The molecule has 112 valence electrons. The van der Waals surface area contributed by atoms with E-state index >= 15 is 0 Å². The number of nitrogens with zero attached hydrogens (tertiary/aromatic N) is 5. The first-order valence-corrected chi connectivity index (χ1v) is 7.57. The Morgan fingerprint density at radius 2 is 2.32 bits per heavy atom. The van der Waals surface area contributed by atoms with Gasteiger partial charge < -0.3 is 15.3 Å². The van der Waals surface area contributed by atoms with E-state index in [1.807, 2.05) is 26.8 Å². The highest BCUT2D eigenvalue weighted by Gasteiger charge is 2.31. The standard InChI is InChI=1S/C13H12N6O2S/c20-13(21)16-8-5-18(6-8)11-12-17-15-7-19(12)9(4-14-11)10-2-1-3-22-10/h1-4,7-8,16H,5-6H2,(H,20,21). The van der Waals surface area contributed by atoms with Gasteiger partial charge in [-0.25, -0.2) is 9.78 Å². The quantitative estimate of drug-likeness (QED) is 0.756. The fourth-order valence-electron chi connectivity index (χ4n) is 2.55. The molecule has 0 aliphatic carbocycles. The molecule has 0 saturated carbocycles. The number of rotatable bonds is 3. The summed E-state index contributed by atoms with van der Waals surface area (Å²) in [6.45, 7) is 1.17. The van der Waals surface area contributed by atoms with Crippen molar-refractivity contribution in [3.63, 3.8) is 0 Å². The van der Waals surface area contributed by atoms with E-state index in [9.17, 15) is 4.79 Å². The van der Waals surface area contributed by atoms with Crippen molar-refractivity contribution >= 4 is 28.9 Å². The molecule has 0 aromatic carbocycles. The van der Waals surface area contributed by atoms with Crippen LogP contribution in [0, 0.1) is 0 Å². The van der Waals surface area contributed by atoms with Crippen LogP contribution in [0.25, 0.3) is 16.2 Å². The number of hydrogen-bond donors (Lipinski definition) is 2. The minimum Gasteiger partial charge on any atom is -0.465 e. The van der Waals surface area contributed by atoms with Crippen molar-refractivity contribution in [2.45, 2.75) is 6.04 Å². The maximum absolute atomic E-state index is 10.6. The summed E-state index contributed by atoms with van der Waals surface area (Å²) in [6, 6.07) is 3.94. The minimum atomic E-state index is -1.00. The van der Waals surface area contributed by atoms with Crippen molar-refractivity contribution in [1.82, 2.24) is 24.9 Å². The summed E-state index contributed by atoms with van der Waals surface area (Å²) < 4.78 is 1.91. The van der Waals surface area contributed by atoms with Gasteiger partial charge in [0.25, 0.3) is 0 Å². The molecule has 1 amide bonds. The van der Waals surface area contributed by atoms with Gasteiger partial charge >= 0.3 is 6.09 Å². The molecule has 8 nitrogen and oxygen atoms in total. The fraction of sp³-hybridized carbons (Fsp3) is 0.231. The molecule has 1 aliphatic heterocycles. The number of aromatic nitrogens is 4. The predicted octanol–water partition coefficient (Wildman–Crippen LogP) is 1.31. The molecule has 0 spiro atoms. The van der Waals surface area contributed by atoms with Gasteiger partial charge in [0.2, 0.25) is 5.65 Å². The summed E-state index contributed by atoms with van der Waals surface area (Å²) in [6.07, 6.45) is 2.47. The Morgan fingerprint density at radius 1 is 1.45 bits per heavy atom. The van der Waals surface area contributed by atoms with Crippen LogP contribution >= 0.6 is 11.3 Å². The highest BCUT2D eigenvalue weighted by atomic mass is 32.1. The molecular weight excluding hydrogens is 304 g/mol. The van der Waals surface area contributed by atoms with Gasteiger partial charge in [0.15, 0.2) is 5.82 Å². The fourth-order valence-corrected chi connectivity index (χ4v) is 3.29. The Balaban J connectivity index is 1.66. The molecule has 3 aromatic rings. The van der Waals surface area contributed by atoms with Gasteiger partial charge in [0, 0.05) is 13.1 Å². The number of carboxylic acid groups (broad SMARTS) is 1. The summed E-state index contributed by atoms with van der Waals surface area (Å²) in [4.78, 5) is 18.2. The SMILES string of the molecule is O=C(O)NC1CN(c2ncc(-c3cccs3)n3cnnc23)C1. The van der Waals surface area contributed by atoms with E-state index in [2.05, 4.69) is 20.5 Å². The van der Waals surface area contributed by atoms with Gasteiger partial charge in [0.1, 0.15) is 6.33 Å². The van der Waals surface area contributed by atoms with Crippen molar-refractivity contribution < 1.29 is 9.90 Å². The smallest absolute Gasteiger partial charge is 0.405 e. The van der Waals surface area contributed by atoms with Crippen LogP contribution in [0.4, 0.5) is 10.6 Å². The third kappa shape index (κ3) is 2.06. The molecule has 4 rings (SSSR count). The molecule has 0 atom stereocenters. The lowest BCUT2D eigenvalue weighted by atomic mass is 10.1. The Kier molecular flexibility index (Phi) is 2.93. The summed E-state index contributed by atoms with van der Waals surface area (Å²) in [5.74, 6) is 0.723. The number of carbonyl (C=O) groups is 1. The first-order valence-electron chi connectivity index (χ1n) is 6.69. The second kappa shape index (κ2) is 4.95. The second-order valence-corrected chi connectivity index (χ2v) is 5.97. The summed E-state index contributed by atoms with van der Waals surface area (Å²) >= 11 is 1.63. The van der Waals surface area contributed by atoms with Gasteiger partial charge in [0.05, 0.1) is 22.8 Å². The Bertz CT molecular complexity index is 824. The molecule has 1 fully saturated rings. The van der Waals surface area contributed by atoms with Gasteiger partial charge in [-0.2, -0.15) is 0 Å². The molecule has 1 saturated heterocycles. The van der Waals surface area contributed by atoms with E-state index in [1.54, 1.807) is 23.9 Å². The van der Waals surface area contributed by atoms with Crippen LogP contribution in [0.15, 0.2) is 30.0 Å². The molecule has 2 N–H and O–H groups in total. The molecule has 4 heterocycles. The number of fused-ring (bicyclic) bond motifs is 1. The van der Waals surface area contributed by atoms with Gasteiger partial charge in [-0.05, 0) is 11.4 Å². The van der Waals surface area contributed by atoms with Crippen LogP contribution in [0.5, 0.6) is 0 Å². The largest absolute Gasteiger partial charge is 0.465 e. The Labute approximate surface area is 129 Å². The van der Waals surface area contributed by atoms with Gasteiger partial charge in [-0.15, -0.1) is 21.5 Å². The van der Waals surface area contributed by atoms with Crippen LogP contribution in [0.1, 0.15) is 0 Å². The molecule has 0 bridgehead atoms. The maximum Gasteiger partial charge on any atom is 0.405 e. The van der Waals surface area contributed by atoms with Crippen LogP contribution in [0.3, 0.4) is 0 Å².